The van der Waals surface area contributed by atoms with Crippen LogP contribution in [0.15, 0.2) is 41.5 Å². The van der Waals surface area contributed by atoms with E-state index in [9.17, 15) is 4.79 Å². The molecule has 2 N–H and O–H groups in total. The number of amides is 1. The third-order valence-electron chi connectivity index (χ3n) is 4.73. The predicted molar refractivity (Wildman–Crippen MR) is 115 cm³/mol. The van der Waals surface area contributed by atoms with Gasteiger partial charge in [0.1, 0.15) is 5.69 Å². The number of hydrogen-bond acceptors (Lipinski definition) is 6. The van der Waals surface area contributed by atoms with Gasteiger partial charge in [-0.25, -0.2) is 5.43 Å². The molecule has 0 bridgehead atoms. The van der Waals surface area contributed by atoms with Gasteiger partial charge in [-0.1, -0.05) is 12.1 Å². The number of carbonyl (C=O) groups is 1. The summed E-state index contributed by atoms with van der Waals surface area (Å²) < 4.78 is 16.0. The fourth-order valence-electron chi connectivity index (χ4n) is 2.93. The molecule has 0 atom stereocenters. The first-order chi connectivity index (χ1) is 14.5. The lowest BCUT2D eigenvalue weighted by molar-refractivity contribution is 0.0950. The van der Waals surface area contributed by atoms with Gasteiger partial charge in [0.2, 0.25) is 5.75 Å². The second kappa shape index (κ2) is 9.13. The van der Waals surface area contributed by atoms with Crippen LogP contribution >= 0.6 is 0 Å². The number of carbonyl (C=O) groups excluding carboxylic acids is 1. The summed E-state index contributed by atoms with van der Waals surface area (Å²) in [4.78, 5) is 12.4. The summed E-state index contributed by atoms with van der Waals surface area (Å²) in [6.07, 6.45) is 1.47. The molecule has 30 heavy (non-hydrogen) atoms. The Morgan fingerprint density at radius 3 is 2.43 bits per heavy atom. The lowest BCUT2D eigenvalue weighted by Crippen LogP contribution is -2.18. The van der Waals surface area contributed by atoms with Gasteiger partial charge in [-0.15, -0.1) is 0 Å². The van der Waals surface area contributed by atoms with E-state index in [1.807, 2.05) is 32.0 Å². The monoisotopic (exact) mass is 408 g/mol. The highest BCUT2D eigenvalue weighted by molar-refractivity contribution is 5.94. The number of rotatable bonds is 7. The van der Waals surface area contributed by atoms with Crippen LogP contribution in [0.25, 0.3) is 11.3 Å². The van der Waals surface area contributed by atoms with Crippen LogP contribution in [-0.4, -0.2) is 43.6 Å². The van der Waals surface area contributed by atoms with Crippen LogP contribution in [0.5, 0.6) is 17.2 Å². The minimum atomic E-state index is -0.409. The quantitative estimate of drug-likeness (QED) is 0.461. The Kier molecular flexibility index (Phi) is 6.36. The van der Waals surface area contributed by atoms with Crippen molar-refractivity contribution in [1.29, 1.82) is 0 Å². The number of aromatic nitrogens is 2. The molecule has 1 aromatic heterocycles. The van der Waals surface area contributed by atoms with Gasteiger partial charge in [0.25, 0.3) is 5.91 Å². The molecule has 0 saturated heterocycles. The molecule has 2 aromatic carbocycles. The second-order valence-electron chi connectivity index (χ2n) is 6.59. The van der Waals surface area contributed by atoms with Crippen LogP contribution < -0.4 is 19.6 Å². The van der Waals surface area contributed by atoms with Gasteiger partial charge in [0, 0.05) is 11.1 Å². The zero-order valence-corrected chi connectivity index (χ0v) is 17.6. The normalized spacial score (nSPS) is 10.8. The van der Waals surface area contributed by atoms with E-state index < -0.39 is 5.91 Å². The van der Waals surface area contributed by atoms with Crippen molar-refractivity contribution < 1.29 is 19.0 Å². The summed E-state index contributed by atoms with van der Waals surface area (Å²) in [7, 11) is 4.59. The molecule has 3 rings (SSSR count). The molecule has 0 unspecified atom stereocenters. The Morgan fingerprint density at radius 2 is 1.77 bits per heavy atom. The van der Waals surface area contributed by atoms with Gasteiger partial charge in [-0.05, 0) is 49.2 Å². The summed E-state index contributed by atoms with van der Waals surface area (Å²) in [6.45, 7) is 4.09. The van der Waals surface area contributed by atoms with Crippen LogP contribution in [0.3, 0.4) is 0 Å². The number of aryl methyl sites for hydroxylation is 2. The van der Waals surface area contributed by atoms with E-state index in [-0.39, 0.29) is 0 Å². The maximum absolute atomic E-state index is 12.4. The molecule has 0 aliphatic rings. The van der Waals surface area contributed by atoms with Crippen molar-refractivity contribution in [2.24, 2.45) is 5.10 Å². The van der Waals surface area contributed by atoms with Gasteiger partial charge in [0.05, 0.1) is 33.2 Å². The Labute approximate surface area is 174 Å². The first-order valence-electron chi connectivity index (χ1n) is 9.24. The zero-order chi connectivity index (χ0) is 21.7. The highest BCUT2D eigenvalue weighted by Gasteiger charge is 2.15. The van der Waals surface area contributed by atoms with Crippen LogP contribution in [0.1, 0.15) is 27.2 Å². The number of methoxy groups -OCH3 is 3. The number of hydrazone groups is 1. The standard InChI is InChI=1S/C22H24N4O4/c1-13-6-7-15(10-14(13)2)17-11-18(25-24-17)22(27)26-23-12-16-8-9-19(28-3)21(30-5)20(16)29-4/h6-12H,1-5H3,(H,24,25)(H,26,27). The largest absolute Gasteiger partial charge is 0.493 e. The van der Waals surface area contributed by atoms with E-state index >= 15 is 0 Å². The fourth-order valence-corrected chi connectivity index (χ4v) is 2.93. The van der Waals surface area contributed by atoms with E-state index in [1.165, 1.54) is 26.0 Å². The number of aromatic amines is 1. The average molecular weight is 408 g/mol. The topological polar surface area (TPSA) is 97.8 Å². The Morgan fingerprint density at radius 1 is 1.00 bits per heavy atom. The van der Waals surface area contributed by atoms with E-state index in [2.05, 4.69) is 20.7 Å². The smallest absolute Gasteiger partial charge is 0.289 e. The predicted octanol–water partition coefficient (Wildman–Crippen LogP) is 3.48. The zero-order valence-electron chi connectivity index (χ0n) is 17.6. The minimum Gasteiger partial charge on any atom is -0.493 e. The molecule has 0 spiro atoms. The van der Waals surface area contributed by atoms with Gasteiger partial charge < -0.3 is 14.2 Å². The first kappa shape index (κ1) is 20.9. The number of nitrogens with zero attached hydrogens (tertiary/aromatic N) is 2. The van der Waals surface area contributed by atoms with Crippen LogP contribution in [0.2, 0.25) is 0 Å². The number of nitrogens with one attached hydrogen (secondary N) is 2. The van der Waals surface area contributed by atoms with Crippen LogP contribution in [0.4, 0.5) is 0 Å². The fraction of sp³-hybridized carbons (Fsp3) is 0.227. The summed E-state index contributed by atoms with van der Waals surface area (Å²) >= 11 is 0. The molecular weight excluding hydrogens is 384 g/mol. The molecule has 1 amide bonds. The maximum Gasteiger partial charge on any atom is 0.289 e. The molecule has 0 radical (unpaired) electrons. The molecule has 3 aromatic rings. The third-order valence-corrected chi connectivity index (χ3v) is 4.73. The van der Waals surface area contributed by atoms with Crippen LogP contribution in [0, 0.1) is 13.8 Å². The SMILES string of the molecule is COc1ccc(C=NNC(=O)c2cc(-c3ccc(C)c(C)c3)n[nH]2)c(OC)c1OC. The van der Waals surface area contributed by atoms with Crippen molar-refractivity contribution in [1.82, 2.24) is 15.6 Å². The van der Waals surface area contributed by atoms with Crippen molar-refractivity contribution >= 4 is 12.1 Å². The molecule has 0 aliphatic carbocycles. The number of H-pyrrole nitrogens is 1. The van der Waals surface area contributed by atoms with Crippen molar-refractivity contribution in [3.8, 4) is 28.5 Å². The molecule has 8 heteroatoms. The lowest BCUT2D eigenvalue weighted by Gasteiger charge is -2.13. The molecule has 156 valence electrons. The van der Waals surface area contributed by atoms with Gasteiger partial charge >= 0.3 is 0 Å². The molecule has 1 heterocycles. The number of hydrogen-bond donors (Lipinski definition) is 2. The molecular formula is C22H24N4O4. The summed E-state index contributed by atoms with van der Waals surface area (Å²) in [6, 6.07) is 11.2. The van der Waals surface area contributed by atoms with E-state index in [4.69, 9.17) is 14.2 Å². The van der Waals surface area contributed by atoms with E-state index in [1.54, 1.807) is 25.3 Å². The van der Waals surface area contributed by atoms with Gasteiger partial charge in [-0.3, -0.25) is 9.89 Å². The van der Waals surface area contributed by atoms with Crippen LogP contribution in [-0.2, 0) is 0 Å². The van der Waals surface area contributed by atoms with Crippen molar-refractivity contribution in [2.45, 2.75) is 13.8 Å². The highest BCUT2D eigenvalue weighted by atomic mass is 16.5. The Bertz CT molecular complexity index is 1090. The maximum atomic E-state index is 12.4. The van der Waals surface area contributed by atoms with E-state index in [0.717, 1.165) is 11.1 Å². The van der Waals surface area contributed by atoms with E-state index in [0.29, 0.717) is 34.2 Å². The highest BCUT2D eigenvalue weighted by Crippen LogP contribution is 2.38. The molecule has 0 aliphatic heterocycles. The number of ether oxygens (including phenoxy) is 3. The minimum absolute atomic E-state index is 0.305. The second-order valence-corrected chi connectivity index (χ2v) is 6.59. The van der Waals surface area contributed by atoms with Crippen molar-refractivity contribution in [3.05, 3.63) is 58.8 Å². The molecule has 0 fully saturated rings. The third kappa shape index (κ3) is 4.27. The first-order valence-corrected chi connectivity index (χ1v) is 9.24. The molecule has 0 saturated carbocycles. The summed E-state index contributed by atoms with van der Waals surface area (Å²) in [5, 5.41) is 11.0. The average Bonchev–Trinajstić information content (AvgIpc) is 3.25. The molecule has 8 nitrogen and oxygen atoms in total. The van der Waals surface area contributed by atoms with Gasteiger partial charge in [-0.2, -0.15) is 10.2 Å². The summed E-state index contributed by atoms with van der Waals surface area (Å²) in [5.41, 5.74) is 7.40. The van der Waals surface area contributed by atoms with Crippen molar-refractivity contribution in [3.63, 3.8) is 0 Å². The number of benzene rings is 2. The summed E-state index contributed by atoms with van der Waals surface area (Å²) in [5.74, 6) is 1.02. The Hall–Kier alpha value is -3.81. The Balaban J connectivity index is 1.74. The van der Waals surface area contributed by atoms with Gasteiger partial charge in [0.15, 0.2) is 11.5 Å². The van der Waals surface area contributed by atoms with Crippen molar-refractivity contribution in [2.75, 3.05) is 21.3 Å². The lowest BCUT2D eigenvalue weighted by atomic mass is 10.0.